The summed E-state index contributed by atoms with van der Waals surface area (Å²) in [5.41, 5.74) is 0.749. The maximum Gasteiger partial charge on any atom is 0.302 e. The van der Waals surface area contributed by atoms with E-state index in [-0.39, 0.29) is 6.61 Å². The molecule has 1 atom stereocenters. The molecule has 0 amide bonds. The van der Waals surface area contributed by atoms with Crippen LogP contribution >= 0.6 is 11.6 Å². The molecule has 0 aliphatic rings. The number of rotatable bonds is 4. The van der Waals surface area contributed by atoms with E-state index in [9.17, 15) is 9.59 Å². The number of ether oxygens (including phenoxy) is 1. The number of esters is 1. The number of benzene rings is 1. The molecule has 0 bridgehead atoms. The first-order chi connectivity index (χ1) is 7.11. The molecule has 0 unspecified atom stereocenters. The maximum absolute atomic E-state index is 11.1. The Hall–Kier alpha value is -1.35. The molecule has 0 fully saturated rings. The number of halogens is 1. The standard InChI is InChI=1S/C11H11ClO3/c1-8(13)15-7-10(11(12)14)9-5-3-2-4-6-9/h2-6,10H,7H2,1H3/t10-/m1/s1. The van der Waals surface area contributed by atoms with Gasteiger partial charge in [-0.25, -0.2) is 0 Å². The van der Waals surface area contributed by atoms with Crippen molar-refractivity contribution in [3.63, 3.8) is 0 Å². The average Bonchev–Trinajstić information content (AvgIpc) is 2.18. The van der Waals surface area contributed by atoms with Gasteiger partial charge in [-0.05, 0) is 17.2 Å². The summed E-state index contributed by atoms with van der Waals surface area (Å²) in [7, 11) is 0. The summed E-state index contributed by atoms with van der Waals surface area (Å²) >= 11 is 5.43. The fraction of sp³-hybridized carbons (Fsp3) is 0.273. The van der Waals surface area contributed by atoms with Crippen molar-refractivity contribution in [1.82, 2.24) is 0 Å². The molecule has 0 N–H and O–H groups in total. The Kier molecular flexibility index (Phi) is 4.31. The number of carbonyl (C=O) groups excluding carboxylic acids is 2. The fourth-order valence-electron chi connectivity index (χ4n) is 1.18. The van der Waals surface area contributed by atoms with Crippen LogP contribution in [0.4, 0.5) is 0 Å². The van der Waals surface area contributed by atoms with Gasteiger partial charge in [-0.3, -0.25) is 9.59 Å². The summed E-state index contributed by atoms with van der Waals surface area (Å²) in [6.45, 7) is 1.28. The van der Waals surface area contributed by atoms with E-state index in [0.717, 1.165) is 5.56 Å². The smallest absolute Gasteiger partial charge is 0.302 e. The Labute approximate surface area is 93.0 Å². The van der Waals surface area contributed by atoms with E-state index in [0.29, 0.717) is 0 Å². The quantitative estimate of drug-likeness (QED) is 0.583. The van der Waals surface area contributed by atoms with Gasteiger partial charge in [-0.15, -0.1) is 0 Å². The minimum atomic E-state index is -0.586. The molecule has 1 aromatic carbocycles. The van der Waals surface area contributed by atoms with E-state index in [1.807, 2.05) is 6.07 Å². The third-order valence-corrected chi connectivity index (χ3v) is 2.19. The lowest BCUT2D eigenvalue weighted by Crippen LogP contribution is -2.15. The molecule has 0 spiro atoms. The largest absolute Gasteiger partial charge is 0.465 e. The van der Waals surface area contributed by atoms with Gasteiger partial charge in [-0.2, -0.15) is 0 Å². The van der Waals surface area contributed by atoms with Crippen molar-refractivity contribution < 1.29 is 14.3 Å². The highest BCUT2D eigenvalue weighted by molar-refractivity contribution is 6.64. The molecule has 15 heavy (non-hydrogen) atoms. The van der Waals surface area contributed by atoms with Crippen molar-refractivity contribution in [2.75, 3.05) is 6.61 Å². The average molecular weight is 227 g/mol. The van der Waals surface area contributed by atoms with Gasteiger partial charge in [0.2, 0.25) is 5.24 Å². The van der Waals surface area contributed by atoms with Gasteiger partial charge < -0.3 is 4.74 Å². The van der Waals surface area contributed by atoms with Crippen LogP contribution in [-0.4, -0.2) is 17.8 Å². The van der Waals surface area contributed by atoms with E-state index in [4.69, 9.17) is 16.3 Å². The monoisotopic (exact) mass is 226 g/mol. The Bertz CT molecular complexity index is 348. The highest BCUT2D eigenvalue weighted by Gasteiger charge is 2.19. The lowest BCUT2D eigenvalue weighted by atomic mass is 10.0. The topological polar surface area (TPSA) is 43.4 Å². The van der Waals surface area contributed by atoms with Crippen LogP contribution in [0, 0.1) is 0 Å². The minimum Gasteiger partial charge on any atom is -0.465 e. The van der Waals surface area contributed by atoms with Gasteiger partial charge in [0.1, 0.15) is 6.61 Å². The van der Waals surface area contributed by atoms with Gasteiger partial charge in [0.25, 0.3) is 0 Å². The lowest BCUT2D eigenvalue weighted by molar-refractivity contribution is -0.141. The van der Waals surface area contributed by atoms with Crippen molar-refractivity contribution in [3.8, 4) is 0 Å². The first-order valence-corrected chi connectivity index (χ1v) is 4.86. The summed E-state index contributed by atoms with van der Waals surface area (Å²) in [4.78, 5) is 21.8. The number of hydrogen-bond acceptors (Lipinski definition) is 3. The van der Waals surface area contributed by atoms with Gasteiger partial charge in [0, 0.05) is 6.92 Å². The van der Waals surface area contributed by atoms with Crippen LogP contribution in [0.3, 0.4) is 0 Å². The summed E-state index contributed by atoms with van der Waals surface area (Å²) in [6.07, 6.45) is 0. The first-order valence-electron chi connectivity index (χ1n) is 4.49. The summed E-state index contributed by atoms with van der Waals surface area (Å²) in [6, 6.07) is 8.99. The maximum atomic E-state index is 11.1. The summed E-state index contributed by atoms with van der Waals surface area (Å²) in [5.74, 6) is -1.01. The van der Waals surface area contributed by atoms with E-state index < -0.39 is 17.1 Å². The minimum absolute atomic E-state index is 0.0122. The second-order valence-electron chi connectivity index (χ2n) is 3.07. The molecule has 0 saturated carbocycles. The van der Waals surface area contributed by atoms with Crippen LogP contribution in [0.1, 0.15) is 18.4 Å². The zero-order valence-corrected chi connectivity index (χ0v) is 9.03. The zero-order chi connectivity index (χ0) is 11.3. The molecular weight excluding hydrogens is 216 g/mol. The van der Waals surface area contributed by atoms with Crippen LogP contribution in [0.5, 0.6) is 0 Å². The molecule has 0 saturated heterocycles. The van der Waals surface area contributed by atoms with Gasteiger partial charge >= 0.3 is 5.97 Å². The number of carbonyl (C=O) groups is 2. The lowest BCUT2D eigenvalue weighted by Gasteiger charge is -2.12. The van der Waals surface area contributed by atoms with Crippen molar-refractivity contribution in [1.29, 1.82) is 0 Å². The molecule has 1 aromatic rings. The molecule has 80 valence electrons. The van der Waals surface area contributed by atoms with E-state index in [1.54, 1.807) is 24.3 Å². The fourth-order valence-corrected chi connectivity index (χ4v) is 1.37. The van der Waals surface area contributed by atoms with Crippen molar-refractivity contribution in [2.24, 2.45) is 0 Å². The molecule has 0 aromatic heterocycles. The molecular formula is C11H11ClO3. The van der Waals surface area contributed by atoms with E-state index in [2.05, 4.69) is 0 Å². The molecule has 3 nitrogen and oxygen atoms in total. The molecule has 0 aliphatic carbocycles. The second-order valence-corrected chi connectivity index (χ2v) is 3.44. The molecule has 4 heteroatoms. The van der Waals surface area contributed by atoms with Crippen LogP contribution < -0.4 is 0 Å². The van der Waals surface area contributed by atoms with Gasteiger partial charge in [-0.1, -0.05) is 30.3 Å². The van der Waals surface area contributed by atoms with Crippen LogP contribution in [-0.2, 0) is 14.3 Å². The van der Waals surface area contributed by atoms with Gasteiger partial charge in [0.05, 0.1) is 5.92 Å². The second kappa shape index (κ2) is 5.51. The molecule has 0 heterocycles. The van der Waals surface area contributed by atoms with Crippen molar-refractivity contribution in [2.45, 2.75) is 12.8 Å². The van der Waals surface area contributed by atoms with Crippen LogP contribution in [0.25, 0.3) is 0 Å². The van der Waals surface area contributed by atoms with E-state index in [1.165, 1.54) is 6.92 Å². The third kappa shape index (κ3) is 3.72. The highest BCUT2D eigenvalue weighted by atomic mass is 35.5. The Morgan fingerprint density at radius 1 is 1.33 bits per heavy atom. The van der Waals surface area contributed by atoms with Crippen molar-refractivity contribution >= 4 is 22.8 Å². The Balaban J connectivity index is 2.75. The summed E-state index contributed by atoms with van der Waals surface area (Å²) in [5, 5.41) is -0.526. The SMILES string of the molecule is CC(=O)OC[C@@H](C(=O)Cl)c1ccccc1. The first kappa shape index (κ1) is 11.7. The van der Waals surface area contributed by atoms with Crippen LogP contribution in [0.2, 0.25) is 0 Å². The molecule has 0 radical (unpaired) electrons. The predicted octanol–water partition coefficient (Wildman–Crippen LogP) is 2.10. The van der Waals surface area contributed by atoms with E-state index >= 15 is 0 Å². The predicted molar refractivity (Wildman–Crippen MR) is 56.7 cm³/mol. The number of hydrogen-bond donors (Lipinski definition) is 0. The Morgan fingerprint density at radius 3 is 2.40 bits per heavy atom. The molecule has 1 rings (SSSR count). The third-order valence-electron chi connectivity index (χ3n) is 1.93. The van der Waals surface area contributed by atoms with Gasteiger partial charge in [0.15, 0.2) is 0 Å². The zero-order valence-electron chi connectivity index (χ0n) is 8.27. The molecule has 0 aliphatic heterocycles. The van der Waals surface area contributed by atoms with Crippen molar-refractivity contribution in [3.05, 3.63) is 35.9 Å². The van der Waals surface area contributed by atoms with Crippen LogP contribution in [0.15, 0.2) is 30.3 Å². The normalized spacial score (nSPS) is 11.9. The summed E-state index contributed by atoms with van der Waals surface area (Å²) < 4.78 is 4.78. The Morgan fingerprint density at radius 2 is 1.93 bits per heavy atom. The highest BCUT2D eigenvalue weighted by Crippen LogP contribution is 2.18.